The van der Waals surface area contributed by atoms with E-state index in [2.05, 4.69) is 38.0 Å². The number of likely N-dealkylation sites (tertiary alicyclic amines) is 1. The van der Waals surface area contributed by atoms with Crippen molar-refractivity contribution in [1.29, 1.82) is 0 Å². The Kier molecular flexibility index (Phi) is 5.08. The van der Waals surface area contributed by atoms with Gasteiger partial charge in [0.05, 0.1) is 0 Å². The van der Waals surface area contributed by atoms with Crippen LogP contribution in [0.4, 0.5) is 0 Å². The smallest absolute Gasteiger partial charge is 0.0103 e. The number of nitrogens with one attached hydrogen (secondary N) is 1. The van der Waals surface area contributed by atoms with Crippen LogP contribution in [-0.4, -0.2) is 37.1 Å². The van der Waals surface area contributed by atoms with Gasteiger partial charge in [-0.15, -0.1) is 0 Å². The number of hydrogen-bond donors (Lipinski definition) is 1. The third kappa shape index (κ3) is 3.71. The zero-order valence-electron chi connectivity index (χ0n) is 12.8. The predicted octanol–water partition coefficient (Wildman–Crippen LogP) is 3.13. The first kappa shape index (κ1) is 14.3. The maximum absolute atomic E-state index is 4.01. The van der Waals surface area contributed by atoms with E-state index in [1.54, 1.807) is 0 Å². The van der Waals surface area contributed by atoms with Crippen LogP contribution in [-0.2, 0) is 0 Å². The molecule has 0 radical (unpaired) electrons. The van der Waals surface area contributed by atoms with Crippen LogP contribution in [0.1, 0.15) is 52.9 Å². The maximum atomic E-state index is 4.01. The van der Waals surface area contributed by atoms with Gasteiger partial charge in [-0.05, 0) is 63.6 Å². The summed E-state index contributed by atoms with van der Waals surface area (Å²) in [7, 11) is 2.25. The van der Waals surface area contributed by atoms with Crippen LogP contribution in [0.2, 0.25) is 0 Å². The minimum absolute atomic E-state index is 0.776. The number of nitrogens with zero attached hydrogens (tertiary/aromatic N) is 1. The second-order valence-corrected chi connectivity index (χ2v) is 7.18. The summed E-state index contributed by atoms with van der Waals surface area (Å²) in [6, 6.07) is 1.56. The van der Waals surface area contributed by atoms with Crippen LogP contribution in [0.15, 0.2) is 0 Å². The van der Waals surface area contributed by atoms with Gasteiger partial charge in [0, 0.05) is 12.1 Å². The van der Waals surface area contributed by atoms with Gasteiger partial charge in [0.25, 0.3) is 0 Å². The van der Waals surface area contributed by atoms with E-state index < -0.39 is 0 Å². The topological polar surface area (TPSA) is 15.3 Å². The molecule has 2 aliphatic rings. The van der Waals surface area contributed by atoms with Crippen LogP contribution in [0.5, 0.6) is 0 Å². The molecule has 1 saturated heterocycles. The van der Waals surface area contributed by atoms with E-state index in [9.17, 15) is 0 Å². The lowest BCUT2D eigenvalue weighted by Crippen LogP contribution is -2.50. The molecule has 1 saturated carbocycles. The molecule has 0 amide bonds. The molecule has 2 nitrogen and oxygen atoms in total. The molecule has 0 aromatic heterocycles. The SMILES string of the molecule is CC(C)[C@@H]1CC[C@@H](C)C[C@@H]1NC1CCN(C)CC1. The van der Waals surface area contributed by atoms with Crippen molar-refractivity contribution in [1.82, 2.24) is 10.2 Å². The Morgan fingerprint density at radius 1 is 1.06 bits per heavy atom. The summed E-state index contributed by atoms with van der Waals surface area (Å²) in [6.45, 7) is 9.78. The van der Waals surface area contributed by atoms with Crippen molar-refractivity contribution in [3.63, 3.8) is 0 Å². The lowest BCUT2D eigenvalue weighted by molar-refractivity contribution is 0.139. The van der Waals surface area contributed by atoms with E-state index in [4.69, 9.17) is 0 Å². The monoisotopic (exact) mass is 252 g/mol. The molecule has 3 atom stereocenters. The highest BCUT2D eigenvalue weighted by Crippen LogP contribution is 2.34. The minimum atomic E-state index is 0.776. The molecular weight excluding hydrogens is 220 g/mol. The summed E-state index contributed by atoms with van der Waals surface area (Å²) in [4.78, 5) is 2.46. The average molecular weight is 252 g/mol. The number of rotatable bonds is 3. The molecule has 0 aromatic carbocycles. The van der Waals surface area contributed by atoms with Gasteiger partial charge in [0.2, 0.25) is 0 Å². The fourth-order valence-electron chi connectivity index (χ4n) is 3.87. The largest absolute Gasteiger partial charge is 0.311 e. The standard InChI is InChI=1S/C16H32N2/c1-12(2)15-6-5-13(3)11-16(15)17-14-7-9-18(4)10-8-14/h12-17H,5-11H2,1-4H3/t13-,15+,16+/m1/s1. The first-order valence-electron chi connectivity index (χ1n) is 8.01. The van der Waals surface area contributed by atoms with Crippen LogP contribution in [0.25, 0.3) is 0 Å². The van der Waals surface area contributed by atoms with Crippen molar-refractivity contribution < 1.29 is 0 Å². The highest BCUT2D eigenvalue weighted by molar-refractivity contribution is 4.89. The Balaban J connectivity index is 1.88. The first-order valence-corrected chi connectivity index (χ1v) is 8.01. The fourth-order valence-corrected chi connectivity index (χ4v) is 3.87. The van der Waals surface area contributed by atoms with E-state index in [-0.39, 0.29) is 0 Å². The molecule has 0 bridgehead atoms. The van der Waals surface area contributed by atoms with Crippen molar-refractivity contribution in [2.45, 2.75) is 65.0 Å². The van der Waals surface area contributed by atoms with Crippen molar-refractivity contribution >= 4 is 0 Å². The summed E-state index contributed by atoms with van der Waals surface area (Å²) in [5.74, 6) is 2.66. The number of hydrogen-bond acceptors (Lipinski definition) is 2. The molecule has 2 heteroatoms. The predicted molar refractivity (Wildman–Crippen MR) is 78.8 cm³/mol. The minimum Gasteiger partial charge on any atom is -0.311 e. The fraction of sp³-hybridized carbons (Fsp3) is 1.00. The molecule has 1 aliphatic heterocycles. The summed E-state index contributed by atoms with van der Waals surface area (Å²) in [5, 5.41) is 4.01. The quantitative estimate of drug-likeness (QED) is 0.830. The zero-order chi connectivity index (χ0) is 13.1. The van der Waals surface area contributed by atoms with Gasteiger partial charge in [0.1, 0.15) is 0 Å². The molecule has 1 aliphatic carbocycles. The molecule has 106 valence electrons. The van der Waals surface area contributed by atoms with E-state index in [1.165, 1.54) is 45.2 Å². The van der Waals surface area contributed by atoms with Crippen molar-refractivity contribution in [2.24, 2.45) is 17.8 Å². The molecule has 0 spiro atoms. The Morgan fingerprint density at radius 3 is 2.33 bits per heavy atom. The normalized spacial score (nSPS) is 36.2. The van der Waals surface area contributed by atoms with Crippen molar-refractivity contribution in [2.75, 3.05) is 20.1 Å². The molecule has 1 N–H and O–H groups in total. The second-order valence-electron chi connectivity index (χ2n) is 7.18. The van der Waals surface area contributed by atoms with Crippen LogP contribution >= 0.6 is 0 Å². The molecule has 1 heterocycles. The van der Waals surface area contributed by atoms with E-state index in [0.29, 0.717) is 0 Å². The van der Waals surface area contributed by atoms with E-state index >= 15 is 0 Å². The third-order valence-corrected chi connectivity index (χ3v) is 5.19. The second kappa shape index (κ2) is 6.38. The van der Waals surface area contributed by atoms with Crippen LogP contribution in [0.3, 0.4) is 0 Å². The molecular formula is C16H32N2. The average Bonchev–Trinajstić information content (AvgIpc) is 2.32. The van der Waals surface area contributed by atoms with Gasteiger partial charge in [-0.25, -0.2) is 0 Å². The lowest BCUT2D eigenvalue weighted by atomic mass is 9.73. The Labute approximate surface area is 114 Å². The Bertz CT molecular complexity index is 243. The Hall–Kier alpha value is -0.0800. The van der Waals surface area contributed by atoms with Crippen LogP contribution in [0, 0.1) is 17.8 Å². The highest BCUT2D eigenvalue weighted by atomic mass is 15.1. The van der Waals surface area contributed by atoms with Gasteiger partial charge in [-0.1, -0.05) is 27.2 Å². The van der Waals surface area contributed by atoms with Gasteiger partial charge >= 0.3 is 0 Å². The molecule has 0 aromatic rings. The first-order chi connectivity index (χ1) is 8.56. The van der Waals surface area contributed by atoms with Gasteiger partial charge in [0.15, 0.2) is 0 Å². The summed E-state index contributed by atoms with van der Waals surface area (Å²) in [5.41, 5.74) is 0. The third-order valence-electron chi connectivity index (χ3n) is 5.19. The van der Waals surface area contributed by atoms with Crippen molar-refractivity contribution in [3.8, 4) is 0 Å². The van der Waals surface area contributed by atoms with Crippen molar-refractivity contribution in [3.05, 3.63) is 0 Å². The molecule has 18 heavy (non-hydrogen) atoms. The summed E-state index contributed by atoms with van der Waals surface area (Å²) in [6.07, 6.45) is 6.95. The van der Waals surface area contributed by atoms with Gasteiger partial charge < -0.3 is 10.2 Å². The van der Waals surface area contributed by atoms with Gasteiger partial charge in [-0.3, -0.25) is 0 Å². The molecule has 2 rings (SSSR count). The maximum Gasteiger partial charge on any atom is 0.0103 e. The van der Waals surface area contributed by atoms with Gasteiger partial charge in [-0.2, -0.15) is 0 Å². The van der Waals surface area contributed by atoms with E-state index in [0.717, 1.165) is 29.8 Å². The number of piperidine rings is 1. The highest BCUT2D eigenvalue weighted by Gasteiger charge is 2.32. The summed E-state index contributed by atoms with van der Waals surface area (Å²) >= 11 is 0. The molecule has 2 fully saturated rings. The van der Waals surface area contributed by atoms with E-state index in [1.807, 2.05) is 0 Å². The summed E-state index contributed by atoms with van der Waals surface area (Å²) < 4.78 is 0. The lowest BCUT2D eigenvalue weighted by Gasteiger charge is -2.41. The molecule has 0 unspecified atom stereocenters. The Morgan fingerprint density at radius 2 is 1.72 bits per heavy atom. The van der Waals surface area contributed by atoms with Crippen LogP contribution < -0.4 is 5.32 Å². The zero-order valence-corrected chi connectivity index (χ0v) is 12.8.